The van der Waals surface area contributed by atoms with E-state index in [0.29, 0.717) is 0 Å². The Bertz CT molecular complexity index is 7810. The maximum atomic E-state index is 5.34. The van der Waals surface area contributed by atoms with Gasteiger partial charge in [-0.2, -0.15) is 0 Å². The number of pyridine rings is 10. The first-order valence-corrected chi connectivity index (χ1v) is 38.2. The second-order valence-electron chi connectivity index (χ2n) is 29.0. The van der Waals surface area contributed by atoms with Gasteiger partial charge in [0.05, 0.1) is 84.0 Å². The number of hydrogen-bond acceptors (Lipinski definition) is 10. The number of rotatable bonds is 9. The number of nitrogens with zero attached hydrogens (tertiary/aromatic N) is 10. The highest BCUT2D eigenvalue weighted by Crippen LogP contribution is 2.45. The monoisotopic (exact) mass is 1450 g/mol. The Balaban J connectivity index is 0.000000139. The van der Waals surface area contributed by atoms with Gasteiger partial charge in [0.15, 0.2) is 0 Å². The van der Waals surface area contributed by atoms with Crippen molar-refractivity contribution in [1.29, 1.82) is 0 Å². The second-order valence-corrected chi connectivity index (χ2v) is 29.0. The number of hydrogen-bond donors (Lipinski definition) is 0. The first-order chi connectivity index (χ1) is 56.4. The van der Waals surface area contributed by atoms with Crippen LogP contribution in [0.3, 0.4) is 0 Å². The normalized spacial score (nSPS) is 11.7. The van der Waals surface area contributed by atoms with Crippen LogP contribution in [-0.4, -0.2) is 49.8 Å². The predicted molar refractivity (Wildman–Crippen MR) is 470 cm³/mol. The summed E-state index contributed by atoms with van der Waals surface area (Å²) in [5, 5.41) is 17.7. The molecular formula is C104H62N10. The Hall–Kier alpha value is -15.5. The van der Waals surface area contributed by atoms with E-state index in [-0.39, 0.29) is 0 Å². The Kier molecular flexibility index (Phi) is 15.7. The predicted octanol–water partition coefficient (Wildman–Crippen LogP) is 26.2. The Morgan fingerprint density at radius 3 is 1.12 bits per heavy atom. The molecule has 0 unspecified atom stereocenters. The molecule has 10 heterocycles. The molecule has 0 saturated carbocycles. The van der Waals surface area contributed by atoms with Gasteiger partial charge in [-0.25, -0.2) is 34.9 Å². The summed E-state index contributed by atoms with van der Waals surface area (Å²) in [6, 6.07) is 121. The fourth-order valence-electron chi connectivity index (χ4n) is 16.5. The Labute approximate surface area is 653 Å². The van der Waals surface area contributed by atoms with Crippen LogP contribution in [0.4, 0.5) is 0 Å². The third-order valence-electron chi connectivity index (χ3n) is 22.3. The van der Waals surface area contributed by atoms with Gasteiger partial charge in [-0.1, -0.05) is 249 Å². The van der Waals surface area contributed by atoms with Gasteiger partial charge in [-0.15, -0.1) is 0 Å². The van der Waals surface area contributed by atoms with E-state index in [1.807, 2.05) is 61.3 Å². The molecule has 0 saturated heterocycles. The minimum Gasteiger partial charge on any atom is -0.264 e. The van der Waals surface area contributed by atoms with Gasteiger partial charge in [0.25, 0.3) is 0 Å². The van der Waals surface area contributed by atoms with Crippen molar-refractivity contribution in [2.24, 2.45) is 0 Å². The first kappa shape index (κ1) is 65.6. The molecular weight excluding hydrogens is 1390 g/mol. The summed E-state index contributed by atoms with van der Waals surface area (Å²) in [6.45, 7) is 0. The molecule has 10 heteroatoms. The maximum Gasteiger partial charge on any atom is 0.0972 e. The second kappa shape index (κ2) is 27.2. The lowest BCUT2D eigenvalue weighted by Gasteiger charge is -2.17. The third kappa shape index (κ3) is 11.7. The molecule has 528 valence electrons. The van der Waals surface area contributed by atoms with Gasteiger partial charge in [0, 0.05) is 124 Å². The zero-order chi connectivity index (χ0) is 75.2. The summed E-state index contributed by atoms with van der Waals surface area (Å²) in [6.07, 6.45) is 9.33. The molecule has 0 aliphatic carbocycles. The molecule has 10 aromatic heterocycles. The van der Waals surface area contributed by atoms with Crippen LogP contribution >= 0.6 is 0 Å². The summed E-state index contributed by atoms with van der Waals surface area (Å²) >= 11 is 0. The topological polar surface area (TPSA) is 129 Å². The first-order valence-electron chi connectivity index (χ1n) is 38.2. The Morgan fingerprint density at radius 2 is 0.544 bits per heavy atom. The van der Waals surface area contributed by atoms with E-state index in [0.717, 1.165) is 231 Å². The van der Waals surface area contributed by atoms with Gasteiger partial charge in [-0.3, -0.25) is 15.0 Å². The quantitative estimate of drug-likeness (QED) is 0.102. The molecule has 13 aromatic carbocycles. The van der Waals surface area contributed by atoms with Crippen molar-refractivity contribution in [2.45, 2.75) is 0 Å². The summed E-state index contributed by atoms with van der Waals surface area (Å²) in [7, 11) is 0. The fourth-order valence-corrected chi connectivity index (χ4v) is 16.5. The molecule has 0 amide bonds. The molecule has 0 fully saturated rings. The zero-order valence-corrected chi connectivity index (χ0v) is 61.3. The van der Waals surface area contributed by atoms with Crippen molar-refractivity contribution in [1.82, 2.24) is 49.8 Å². The van der Waals surface area contributed by atoms with Crippen molar-refractivity contribution in [3.63, 3.8) is 0 Å². The maximum absolute atomic E-state index is 5.34. The highest BCUT2D eigenvalue weighted by molar-refractivity contribution is 6.21. The van der Waals surface area contributed by atoms with Crippen LogP contribution in [0.2, 0.25) is 0 Å². The van der Waals surface area contributed by atoms with E-state index in [1.54, 1.807) is 0 Å². The van der Waals surface area contributed by atoms with E-state index in [2.05, 4.69) is 325 Å². The summed E-state index contributed by atoms with van der Waals surface area (Å²) < 4.78 is 0. The van der Waals surface area contributed by atoms with E-state index in [1.165, 1.54) is 0 Å². The third-order valence-corrected chi connectivity index (χ3v) is 22.3. The van der Waals surface area contributed by atoms with Crippen LogP contribution in [0.5, 0.6) is 0 Å². The number of fused-ring (bicyclic) bond motifs is 14. The molecule has 0 aliphatic heterocycles. The Morgan fingerprint density at radius 1 is 0.167 bits per heavy atom. The largest absolute Gasteiger partial charge is 0.264 e. The molecule has 114 heavy (non-hydrogen) atoms. The summed E-state index contributed by atoms with van der Waals surface area (Å²) in [5.74, 6) is 0. The van der Waals surface area contributed by atoms with E-state index in [9.17, 15) is 0 Å². The molecule has 0 radical (unpaired) electrons. The molecule has 23 rings (SSSR count). The highest BCUT2D eigenvalue weighted by Gasteiger charge is 2.21. The van der Waals surface area contributed by atoms with E-state index >= 15 is 0 Å². The molecule has 0 bridgehead atoms. The van der Waals surface area contributed by atoms with E-state index in [4.69, 9.17) is 39.9 Å². The van der Waals surface area contributed by atoms with E-state index < -0.39 is 0 Å². The smallest absolute Gasteiger partial charge is 0.0972 e. The molecule has 0 spiro atoms. The lowest BCUT2D eigenvalue weighted by molar-refractivity contribution is 1.35. The van der Waals surface area contributed by atoms with Crippen molar-refractivity contribution in [3.8, 4) is 101 Å². The van der Waals surface area contributed by atoms with Gasteiger partial charge in [-0.05, 0) is 152 Å². The number of benzene rings is 13. The van der Waals surface area contributed by atoms with Crippen LogP contribution in [0, 0.1) is 0 Å². The van der Waals surface area contributed by atoms with Crippen molar-refractivity contribution in [2.75, 3.05) is 0 Å². The standard InChI is InChI=1S/C53H31N5.C51H31N5/c1-3-11-42-40(9-1)50(41-10-2-4-12-43(41)51(42)48-24-19-35-16-15-34-8-6-27-55-52(34)53(35)58-48)47-25-21-38-29-36(20-22-45(38)56-47)37-17-14-33-18-23-46(57-49(33)30-37)39-13-5-7-32-26-28-54-31-44(32)39;1-2-5-32(6-3-1)45-22-18-36-14-15-37-19-23-46(56-51(37)50(36)55-45)34-11-9-33(10-12-34)44-25-21-40-29-38(20-24-47(40)53-44)39-16-13-35-17-26-48(54-49(35)30-39)43-8-4-7-41-31-52-28-27-42(41)43/h1-31H;1-31H. The lowest BCUT2D eigenvalue weighted by Crippen LogP contribution is -1.95. The van der Waals surface area contributed by atoms with Crippen LogP contribution < -0.4 is 0 Å². The lowest BCUT2D eigenvalue weighted by atomic mass is 9.88. The molecule has 0 atom stereocenters. The van der Waals surface area contributed by atoms with Gasteiger partial charge >= 0.3 is 0 Å². The SMILES string of the molecule is c1cc(-c2ccc3ccc(-c4ccc5nc(-c6c7ccccc7c(-c7ccc8ccc9cccnc9c8n7)c7ccccc67)ccc5c4)cc3n2)c2cnccc2c1.c1ccc(-c2ccc3ccc4ccc(-c5ccc(-c6ccc7cc(-c8ccc9ccc(-c%10cccc%11cnccc%10%11)nc9c8)ccc7n6)cc5)nc4c3n2)cc1. The highest BCUT2D eigenvalue weighted by atomic mass is 14.8. The van der Waals surface area contributed by atoms with Gasteiger partial charge in [0.2, 0.25) is 0 Å². The van der Waals surface area contributed by atoms with Gasteiger partial charge < -0.3 is 0 Å². The van der Waals surface area contributed by atoms with Crippen LogP contribution in [-0.2, 0) is 0 Å². The number of aromatic nitrogens is 10. The van der Waals surface area contributed by atoms with Crippen LogP contribution in [0.1, 0.15) is 0 Å². The average molecular weight is 1450 g/mol. The van der Waals surface area contributed by atoms with Crippen LogP contribution in [0.15, 0.2) is 377 Å². The summed E-state index contributed by atoms with van der Waals surface area (Å²) in [5.41, 5.74) is 26.1. The van der Waals surface area contributed by atoms with Crippen LogP contribution in [0.25, 0.3) is 231 Å². The van der Waals surface area contributed by atoms with Crippen molar-refractivity contribution in [3.05, 3.63) is 377 Å². The van der Waals surface area contributed by atoms with Gasteiger partial charge in [0.1, 0.15) is 0 Å². The average Bonchev–Trinajstić information content (AvgIpc) is 0.727. The molecule has 10 nitrogen and oxygen atoms in total. The molecule has 23 aromatic rings. The molecule has 0 N–H and O–H groups in total. The van der Waals surface area contributed by atoms with Crippen molar-refractivity contribution >= 4 is 130 Å². The van der Waals surface area contributed by atoms with Crippen molar-refractivity contribution < 1.29 is 0 Å². The molecule has 0 aliphatic rings. The summed E-state index contributed by atoms with van der Waals surface area (Å²) in [4.78, 5) is 49.6. The minimum absolute atomic E-state index is 0.904. The zero-order valence-electron chi connectivity index (χ0n) is 61.3. The minimum atomic E-state index is 0.904. The fraction of sp³-hybridized carbons (Fsp3) is 0.